The molecule has 1 rings (SSSR count). The molecule has 0 spiro atoms. The molecule has 1 heterocycles. The van der Waals surface area contributed by atoms with Crippen molar-refractivity contribution in [2.45, 2.75) is 71.9 Å². The summed E-state index contributed by atoms with van der Waals surface area (Å²) in [6, 6.07) is -1.16. The number of amides is 2. The number of hydrogen-bond donors (Lipinski definition) is 2. The van der Waals surface area contributed by atoms with Crippen LogP contribution in [0.1, 0.15) is 59.8 Å². The smallest absolute Gasteiger partial charge is 0.320 e. The third-order valence-corrected chi connectivity index (χ3v) is 5.19. The number of likely N-dealkylation sites (tertiary alicyclic amines) is 1. The highest BCUT2D eigenvalue weighted by Gasteiger charge is 2.32. The molecule has 2 amide bonds. The molecular formula is C20H35N3O5. The fraction of sp³-hybridized carbons (Fsp3) is 0.800. The van der Waals surface area contributed by atoms with Gasteiger partial charge in [-0.05, 0) is 19.3 Å². The van der Waals surface area contributed by atoms with Gasteiger partial charge in [0.25, 0.3) is 0 Å². The molecule has 0 aromatic rings. The van der Waals surface area contributed by atoms with Crippen LogP contribution < -0.4 is 5.73 Å². The lowest BCUT2D eigenvalue weighted by molar-refractivity contribution is -0.140. The zero-order chi connectivity index (χ0) is 21.4. The zero-order valence-electron chi connectivity index (χ0n) is 17.5. The van der Waals surface area contributed by atoms with E-state index in [0.717, 1.165) is 12.8 Å². The molecule has 0 aromatic heterocycles. The fourth-order valence-corrected chi connectivity index (χ4v) is 3.34. The standard InChI is InChI=1S/C20H35N3O5/c1-13(2)17(24)9-11-22(19(26)14(3)4)12-15-6-5-10-23(15)18(25)8-7-16(21)20(27)28/h13-16H,5-12,21H2,1-4H3,(H,27,28)/t15-,16-/m0/s1. The van der Waals surface area contributed by atoms with E-state index in [9.17, 15) is 19.2 Å². The number of rotatable bonds is 11. The van der Waals surface area contributed by atoms with Gasteiger partial charge in [0.2, 0.25) is 11.8 Å². The van der Waals surface area contributed by atoms with Gasteiger partial charge in [-0.1, -0.05) is 27.7 Å². The van der Waals surface area contributed by atoms with Crippen molar-refractivity contribution in [2.75, 3.05) is 19.6 Å². The Labute approximate surface area is 167 Å². The van der Waals surface area contributed by atoms with Crippen LogP contribution in [-0.4, -0.2) is 70.2 Å². The Hall–Kier alpha value is -1.96. The van der Waals surface area contributed by atoms with Gasteiger partial charge in [-0.25, -0.2) is 0 Å². The van der Waals surface area contributed by atoms with E-state index in [-0.39, 0.29) is 48.3 Å². The highest BCUT2D eigenvalue weighted by molar-refractivity contribution is 5.82. The molecule has 8 heteroatoms. The number of carbonyl (C=O) groups is 4. The number of hydrogen-bond acceptors (Lipinski definition) is 5. The first kappa shape index (κ1) is 24.1. The van der Waals surface area contributed by atoms with Crippen molar-refractivity contribution in [3.63, 3.8) is 0 Å². The molecule has 0 aliphatic carbocycles. The third kappa shape index (κ3) is 7.22. The molecule has 1 aliphatic rings. The molecule has 3 N–H and O–H groups in total. The minimum absolute atomic E-state index is 0.0243. The highest BCUT2D eigenvalue weighted by Crippen LogP contribution is 2.21. The van der Waals surface area contributed by atoms with Gasteiger partial charge >= 0.3 is 5.97 Å². The predicted molar refractivity (Wildman–Crippen MR) is 105 cm³/mol. The van der Waals surface area contributed by atoms with Crippen LogP contribution in [0, 0.1) is 11.8 Å². The summed E-state index contributed by atoms with van der Waals surface area (Å²) in [5.41, 5.74) is 5.49. The number of aliphatic carboxylic acids is 1. The van der Waals surface area contributed by atoms with Crippen molar-refractivity contribution in [2.24, 2.45) is 17.6 Å². The van der Waals surface area contributed by atoms with Crippen LogP contribution in [0.3, 0.4) is 0 Å². The SMILES string of the molecule is CC(C)C(=O)CCN(C[C@@H]1CCCN1C(=O)CC[C@H](N)C(=O)O)C(=O)C(C)C. The highest BCUT2D eigenvalue weighted by atomic mass is 16.4. The van der Waals surface area contributed by atoms with Crippen LogP contribution in [-0.2, 0) is 19.2 Å². The average Bonchev–Trinajstić information content (AvgIpc) is 3.09. The summed E-state index contributed by atoms with van der Waals surface area (Å²) in [7, 11) is 0. The van der Waals surface area contributed by atoms with E-state index in [1.807, 2.05) is 27.7 Å². The second-order valence-corrected chi connectivity index (χ2v) is 8.18. The van der Waals surface area contributed by atoms with Crippen LogP contribution in [0.15, 0.2) is 0 Å². The van der Waals surface area contributed by atoms with Crippen molar-refractivity contribution in [1.82, 2.24) is 9.80 Å². The molecule has 1 fully saturated rings. The van der Waals surface area contributed by atoms with Gasteiger partial charge < -0.3 is 20.6 Å². The second-order valence-electron chi connectivity index (χ2n) is 8.18. The molecule has 0 aromatic carbocycles. The predicted octanol–water partition coefficient (Wildman–Crippen LogP) is 1.27. The van der Waals surface area contributed by atoms with Crippen molar-refractivity contribution < 1.29 is 24.3 Å². The molecular weight excluding hydrogens is 362 g/mol. The summed E-state index contributed by atoms with van der Waals surface area (Å²) in [6.45, 7) is 8.69. The largest absolute Gasteiger partial charge is 0.480 e. The second kappa shape index (κ2) is 11.1. The maximum atomic E-state index is 12.6. The van der Waals surface area contributed by atoms with Gasteiger partial charge in [0, 0.05) is 50.4 Å². The first-order chi connectivity index (χ1) is 13.0. The normalized spacial score (nSPS) is 17.8. The quantitative estimate of drug-likeness (QED) is 0.541. The fourth-order valence-electron chi connectivity index (χ4n) is 3.34. The van der Waals surface area contributed by atoms with Crippen LogP contribution in [0.2, 0.25) is 0 Å². The Bertz CT molecular complexity index is 576. The molecule has 160 valence electrons. The molecule has 2 atom stereocenters. The molecule has 1 aliphatic heterocycles. The topological polar surface area (TPSA) is 121 Å². The van der Waals surface area contributed by atoms with E-state index in [2.05, 4.69) is 0 Å². The lowest BCUT2D eigenvalue weighted by Gasteiger charge is -2.32. The Kier molecular flexibility index (Phi) is 9.58. The van der Waals surface area contributed by atoms with Gasteiger partial charge in [0.1, 0.15) is 11.8 Å². The van der Waals surface area contributed by atoms with Crippen molar-refractivity contribution in [1.29, 1.82) is 0 Å². The minimum atomic E-state index is -1.12. The minimum Gasteiger partial charge on any atom is -0.480 e. The summed E-state index contributed by atoms with van der Waals surface area (Å²) in [5, 5.41) is 8.87. The van der Waals surface area contributed by atoms with Crippen LogP contribution in [0.4, 0.5) is 0 Å². The number of carboxylic acid groups (broad SMARTS) is 1. The summed E-state index contributed by atoms with van der Waals surface area (Å²) in [4.78, 5) is 51.4. The Balaban J connectivity index is 2.74. The maximum Gasteiger partial charge on any atom is 0.320 e. The van der Waals surface area contributed by atoms with E-state index >= 15 is 0 Å². The molecule has 0 unspecified atom stereocenters. The van der Waals surface area contributed by atoms with Gasteiger partial charge in [-0.3, -0.25) is 19.2 Å². The summed E-state index contributed by atoms with van der Waals surface area (Å²) >= 11 is 0. The number of nitrogens with two attached hydrogens (primary N) is 1. The van der Waals surface area contributed by atoms with Crippen LogP contribution in [0.5, 0.6) is 0 Å². The van der Waals surface area contributed by atoms with Crippen LogP contribution >= 0.6 is 0 Å². The van der Waals surface area contributed by atoms with E-state index in [1.54, 1.807) is 9.80 Å². The van der Waals surface area contributed by atoms with Crippen molar-refractivity contribution in [3.8, 4) is 0 Å². The first-order valence-corrected chi connectivity index (χ1v) is 10.1. The number of carboxylic acids is 1. The van der Waals surface area contributed by atoms with Gasteiger partial charge in [0.15, 0.2) is 0 Å². The van der Waals surface area contributed by atoms with E-state index < -0.39 is 12.0 Å². The first-order valence-electron chi connectivity index (χ1n) is 10.1. The Morgan fingerprint density at radius 3 is 2.29 bits per heavy atom. The summed E-state index contributed by atoms with van der Waals surface area (Å²) in [5.74, 6) is -1.41. The van der Waals surface area contributed by atoms with E-state index in [4.69, 9.17) is 10.8 Å². The van der Waals surface area contributed by atoms with Gasteiger partial charge in [-0.2, -0.15) is 0 Å². The molecule has 0 bridgehead atoms. The molecule has 8 nitrogen and oxygen atoms in total. The maximum absolute atomic E-state index is 12.6. The lowest BCUT2D eigenvalue weighted by Crippen LogP contribution is -2.47. The number of Topliss-reactive ketones (excluding diaryl/α,β-unsaturated/α-hetero) is 1. The lowest BCUT2D eigenvalue weighted by atomic mass is 10.0. The number of carbonyl (C=O) groups excluding carboxylic acids is 3. The zero-order valence-corrected chi connectivity index (χ0v) is 17.5. The van der Waals surface area contributed by atoms with Crippen molar-refractivity contribution >= 4 is 23.6 Å². The average molecular weight is 398 g/mol. The summed E-state index contributed by atoms with van der Waals surface area (Å²) < 4.78 is 0. The van der Waals surface area contributed by atoms with Gasteiger partial charge in [0.05, 0.1) is 0 Å². The summed E-state index contributed by atoms with van der Waals surface area (Å²) in [6.07, 6.45) is 2.11. The number of nitrogens with zero attached hydrogens (tertiary/aromatic N) is 2. The molecule has 28 heavy (non-hydrogen) atoms. The molecule has 0 saturated carbocycles. The Morgan fingerprint density at radius 1 is 1.11 bits per heavy atom. The van der Waals surface area contributed by atoms with Crippen LogP contribution in [0.25, 0.3) is 0 Å². The third-order valence-electron chi connectivity index (χ3n) is 5.19. The van der Waals surface area contributed by atoms with Crippen molar-refractivity contribution in [3.05, 3.63) is 0 Å². The molecule has 0 radical (unpaired) electrons. The van der Waals surface area contributed by atoms with E-state index in [0.29, 0.717) is 26.1 Å². The van der Waals surface area contributed by atoms with Gasteiger partial charge in [-0.15, -0.1) is 0 Å². The monoisotopic (exact) mass is 397 g/mol. The number of ketones is 1. The van der Waals surface area contributed by atoms with E-state index in [1.165, 1.54) is 0 Å². The Morgan fingerprint density at radius 2 is 1.75 bits per heavy atom. The molecule has 1 saturated heterocycles.